The molecule has 2 fully saturated rings. The Balaban J connectivity index is 1.09. The van der Waals surface area contributed by atoms with E-state index in [2.05, 4.69) is 51.3 Å². The zero-order valence-electron chi connectivity index (χ0n) is 22.2. The third-order valence-electron chi connectivity index (χ3n) is 7.78. The Kier molecular flexibility index (Phi) is 8.38. The first-order valence-electron chi connectivity index (χ1n) is 13.5. The number of amides is 1. The molecule has 1 amide bonds. The minimum Gasteiger partial charge on any atom is -0.504 e. The van der Waals surface area contributed by atoms with Gasteiger partial charge in [-0.25, -0.2) is 13.8 Å². The third kappa shape index (κ3) is 6.72. The summed E-state index contributed by atoms with van der Waals surface area (Å²) in [4.78, 5) is 24.0. The van der Waals surface area contributed by atoms with Crippen molar-refractivity contribution in [3.05, 3.63) is 88.6 Å². The van der Waals surface area contributed by atoms with E-state index >= 15 is 0 Å². The van der Waals surface area contributed by atoms with Crippen molar-refractivity contribution in [3.8, 4) is 5.75 Å². The standard InChI is InChI=1S/C30H35F2N5O2/c1-21-2-4-22(5-3-21)20-35-10-8-26(9-11-35)36-12-14-37(15-13-36)29-28(38)16-24(19-33-29)30(39)34-18-23-6-7-25(31)17-27(23)32/h2-7,16-17,19,26,38H,8-15,18,20H2,1H3,(H,34,39). The number of nitrogens with zero attached hydrogens (tertiary/aromatic N) is 4. The second kappa shape index (κ2) is 12.1. The molecule has 3 aromatic rings. The van der Waals surface area contributed by atoms with Gasteiger partial charge >= 0.3 is 0 Å². The Morgan fingerprint density at radius 1 is 1.00 bits per heavy atom. The van der Waals surface area contributed by atoms with Crippen molar-refractivity contribution in [2.24, 2.45) is 0 Å². The number of carbonyl (C=O) groups is 1. The molecule has 0 spiro atoms. The molecular formula is C30H35F2N5O2. The van der Waals surface area contributed by atoms with Crippen LogP contribution in [0, 0.1) is 18.6 Å². The Hall–Kier alpha value is -3.56. The first-order chi connectivity index (χ1) is 18.9. The van der Waals surface area contributed by atoms with Gasteiger partial charge in [0.2, 0.25) is 0 Å². The lowest BCUT2D eigenvalue weighted by atomic mass is 10.0. The van der Waals surface area contributed by atoms with Crippen molar-refractivity contribution < 1.29 is 18.7 Å². The number of aromatic nitrogens is 1. The number of halogens is 2. The molecule has 206 valence electrons. The van der Waals surface area contributed by atoms with Gasteiger partial charge in [0.05, 0.1) is 5.56 Å². The van der Waals surface area contributed by atoms with Crippen LogP contribution in [0.2, 0.25) is 0 Å². The van der Waals surface area contributed by atoms with Gasteiger partial charge in [-0.3, -0.25) is 14.6 Å². The van der Waals surface area contributed by atoms with Gasteiger partial charge in [0.1, 0.15) is 11.6 Å². The average molecular weight is 536 g/mol. The van der Waals surface area contributed by atoms with Crippen molar-refractivity contribution in [2.75, 3.05) is 44.2 Å². The molecule has 0 bridgehead atoms. The highest BCUT2D eigenvalue weighted by atomic mass is 19.1. The Morgan fingerprint density at radius 2 is 1.72 bits per heavy atom. The number of anilines is 1. The van der Waals surface area contributed by atoms with E-state index in [1.807, 2.05) is 4.90 Å². The monoisotopic (exact) mass is 535 g/mol. The predicted molar refractivity (Wildman–Crippen MR) is 147 cm³/mol. The number of carbonyl (C=O) groups excluding carboxylic acids is 1. The van der Waals surface area contributed by atoms with Crippen molar-refractivity contribution in [3.63, 3.8) is 0 Å². The number of aromatic hydroxyl groups is 1. The summed E-state index contributed by atoms with van der Waals surface area (Å²) in [5, 5.41) is 13.2. The van der Waals surface area contributed by atoms with Crippen LogP contribution in [0.4, 0.5) is 14.6 Å². The second-order valence-corrected chi connectivity index (χ2v) is 10.5. The lowest BCUT2D eigenvalue weighted by Gasteiger charge is -2.43. The molecule has 9 heteroatoms. The predicted octanol–water partition coefficient (Wildman–Crippen LogP) is 4.09. The summed E-state index contributed by atoms with van der Waals surface area (Å²) in [7, 11) is 0. The average Bonchev–Trinajstić information content (AvgIpc) is 2.94. The summed E-state index contributed by atoms with van der Waals surface area (Å²) in [6.45, 7) is 8.51. The molecule has 7 nitrogen and oxygen atoms in total. The smallest absolute Gasteiger partial charge is 0.253 e. The number of benzene rings is 2. The summed E-state index contributed by atoms with van der Waals surface area (Å²) in [5.74, 6) is -1.49. The van der Waals surface area contributed by atoms with Crippen molar-refractivity contribution in [2.45, 2.75) is 38.9 Å². The van der Waals surface area contributed by atoms with Crippen LogP contribution in [0.1, 0.15) is 39.9 Å². The molecule has 2 aromatic carbocycles. The molecule has 3 heterocycles. The highest BCUT2D eigenvalue weighted by molar-refractivity contribution is 5.94. The zero-order valence-corrected chi connectivity index (χ0v) is 22.2. The lowest BCUT2D eigenvalue weighted by Crippen LogP contribution is -2.53. The van der Waals surface area contributed by atoms with E-state index in [0.29, 0.717) is 11.9 Å². The van der Waals surface area contributed by atoms with Crippen LogP contribution in [0.25, 0.3) is 0 Å². The van der Waals surface area contributed by atoms with E-state index in [1.54, 1.807) is 0 Å². The molecule has 2 aliphatic heterocycles. The van der Waals surface area contributed by atoms with Crippen LogP contribution in [0.3, 0.4) is 0 Å². The Morgan fingerprint density at radius 3 is 2.38 bits per heavy atom. The summed E-state index contributed by atoms with van der Waals surface area (Å²) >= 11 is 0. The Bertz CT molecular complexity index is 1290. The zero-order chi connectivity index (χ0) is 27.4. The first kappa shape index (κ1) is 27.0. The van der Waals surface area contributed by atoms with Gasteiger partial charge in [-0.1, -0.05) is 35.9 Å². The normalized spacial score (nSPS) is 17.4. The maximum Gasteiger partial charge on any atom is 0.253 e. The number of pyridine rings is 1. The number of rotatable bonds is 7. The molecular weight excluding hydrogens is 500 g/mol. The van der Waals surface area contributed by atoms with Crippen molar-refractivity contribution in [1.82, 2.24) is 20.1 Å². The molecule has 0 atom stereocenters. The van der Waals surface area contributed by atoms with Gasteiger partial charge in [-0.05, 0) is 50.6 Å². The molecule has 0 radical (unpaired) electrons. The van der Waals surface area contributed by atoms with Crippen LogP contribution in [-0.4, -0.2) is 71.1 Å². The van der Waals surface area contributed by atoms with Gasteiger partial charge in [-0.15, -0.1) is 0 Å². The molecule has 39 heavy (non-hydrogen) atoms. The van der Waals surface area contributed by atoms with Gasteiger partial charge in [0, 0.05) is 63.1 Å². The van der Waals surface area contributed by atoms with Gasteiger partial charge in [0.25, 0.3) is 5.91 Å². The molecule has 2 saturated heterocycles. The third-order valence-corrected chi connectivity index (χ3v) is 7.78. The van der Waals surface area contributed by atoms with Crippen LogP contribution >= 0.6 is 0 Å². The Labute approximate surface area is 228 Å². The molecule has 1 aromatic heterocycles. The van der Waals surface area contributed by atoms with E-state index in [1.165, 1.54) is 29.5 Å². The fraction of sp³-hybridized carbons (Fsp3) is 0.400. The molecule has 2 N–H and O–H groups in total. The maximum absolute atomic E-state index is 13.8. The largest absolute Gasteiger partial charge is 0.504 e. The van der Waals surface area contributed by atoms with Gasteiger partial charge < -0.3 is 15.3 Å². The van der Waals surface area contributed by atoms with E-state index in [0.717, 1.165) is 70.8 Å². The molecule has 2 aliphatic rings. The van der Waals surface area contributed by atoms with E-state index in [4.69, 9.17) is 0 Å². The quantitative estimate of drug-likeness (QED) is 0.475. The van der Waals surface area contributed by atoms with Gasteiger partial charge in [-0.2, -0.15) is 0 Å². The number of aryl methyl sites for hydroxylation is 1. The van der Waals surface area contributed by atoms with E-state index in [9.17, 15) is 18.7 Å². The number of piperazine rings is 1. The minimum atomic E-state index is -0.724. The van der Waals surface area contributed by atoms with Crippen molar-refractivity contribution >= 4 is 11.7 Å². The van der Waals surface area contributed by atoms with E-state index < -0.39 is 17.5 Å². The number of hydrogen-bond donors (Lipinski definition) is 2. The molecule has 5 rings (SSSR count). The molecule has 0 saturated carbocycles. The van der Waals surface area contributed by atoms with Crippen LogP contribution in [0.5, 0.6) is 5.75 Å². The SMILES string of the molecule is Cc1ccc(CN2CCC(N3CCN(c4ncc(C(=O)NCc5ccc(F)cc5F)cc4O)CC3)CC2)cc1. The maximum atomic E-state index is 13.8. The van der Waals surface area contributed by atoms with E-state index in [-0.39, 0.29) is 23.4 Å². The summed E-state index contributed by atoms with van der Waals surface area (Å²) in [6.07, 6.45) is 3.73. The highest BCUT2D eigenvalue weighted by Crippen LogP contribution is 2.28. The van der Waals surface area contributed by atoms with Gasteiger partial charge in [0.15, 0.2) is 11.6 Å². The number of piperidine rings is 1. The fourth-order valence-electron chi connectivity index (χ4n) is 5.45. The summed E-state index contributed by atoms with van der Waals surface area (Å²) in [6, 6.07) is 14.0. The highest BCUT2D eigenvalue weighted by Gasteiger charge is 2.28. The fourth-order valence-corrected chi connectivity index (χ4v) is 5.45. The first-order valence-corrected chi connectivity index (χ1v) is 13.5. The number of likely N-dealkylation sites (tertiary alicyclic amines) is 1. The topological polar surface area (TPSA) is 71.9 Å². The number of hydrogen-bond acceptors (Lipinski definition) is 6. The molecule has 0 unspecified atom stereocenters. The van der Waals surface area contributed by atoms with Crippen LogP contribution in [-0.2, 0) is 13.1 Å². The van der Waals surface area contributed by atoms with Crippen LogP contribution in [0.15, 0.2) is 54.7 Å². The lowest BCUT2D eigenvalue weighted by molar-refractivity contribution is 0.0949. The summed E-state index contributed by atoms with van der Waals surface area (Å²) < 4.78 is 26.9. The minimum absolute atomic E-state index is 0.0616. The number of nitrogens with one attached hydrogen (secondary N) is 1. The molecule has 0 aliphatic carbocycles. The van der Waals surface area contributed by atoms with Crippen LogP contribution < -0.4 is 10.2 Å². The summed E-state index contributed by atoms with van der Waals surface area (Å²) in [5.41, 5.74) is 3.01. The second-order valence-electron chi connectivity index (χ2n) is 10.5. The van der Waals surface area contributed by atoms with Crippen molar-refractivity contribution in [1.29, 1.82) is 0 Å².